The number of carbonyl (C=O) groups excluding carboxylic acids is 2. The molecule has 1 aromatic heterocycles. The third kappa shape index (κ3) is 7.55. The second-order valence-electron chi connectivity index (χ2n) is 10.6. The number of thiophene rings is 1. The lowest BCUT2D eigenvalue weighted by Gasteiger charge is -2.11. The highest BCUT2D eigenvalue weighted by atomic mass is 35.5. The Morgan fingerprint density at radius 1 is 0.627 bits per heavy atom. The first kappa shape index (κ1) is 36.5. The molecule has 0 saturated heterocycles. The van der Waals surface area contributed by atoms with Crippen molar-refractivity contribution in [3.63, 3.8) is 0 Å². The summed E-state index contributed by atoms with van der Waals surface area (Å²) in [5, 5.41) is 26.5. The lowest BCUT2D eigenvalue weighted by molar-refractivity contribution is -0.112. The van der Waals surface area contributed by atoms with Crippen LogP contribution in [0.15, 0.2) is 60.7 Å². The van der Waals surface area contributed by atoms with Crippen molar-refractivity contribution in [1.82, 2.24) is 0 Å². The van der Waals surface area contributed by atoms with Gasteiger partial charge < -0.3 is 39.8 Å². The molecule has 0 saturated carbocycles. The fraction of sp³-hybridized carbons (Fsp3) is 0.111. The molecule has 1 heterocycles. The van der Waals surface area contributed by atoms with Crippen LogP contribution in [-0.2, 0) is 9.59 Å². The van der Waals surface area contributed by atoms with Crippen molar-refractivity contribution in [3.8, 4) is 23.0 Å². The second kappa shape index (κ2) is 15.4. The minimum absolute atomic E-state index is 0.0144. The lowest BCUT2D eigenvalue weighted by Crippen LogP contribution is -2.12. The highest BCUT2D eigenvalue weighted by molar-refractivity contribution is 7.25. The standard InChI is InChI=1S/C36H28Cl2N2O10S/c1-47-25-9-5-17(31(37)33(25)49-3)7-11-29(41)39-23-15-27-19(13-21(23)35(43)44)20-14-22(36(45)46)24(16-28(20)51-27)40-30(42)12-8-18-6-10-26(48-2)34(50-4)32(18)38/h5-16H,1-4H3,(H,39,41)(H,40,42)(H,43,44)(H,45,46). The Morgan fingerprint density at radius 2 is 1.02 bits per heavy atom. The molecule has 5 aromatic rings. The Kier molecular flexibility index (Phi) is 11.0. The smallest absolute Gasteiger partial charge is 0.337 e. The van der Waals surface area contributed by atoms with Gasteiger partial charge in [-0.05, 0) is 71.8 Å². The van der Waals surface area contributed by atoms with E-state index >= 15 is 0 Å². The number of anilines is 2. The largest absolute Gasteiger partial charge is 0.493 e. The molecule has 0 radical (unpaired) electrons. The first-order chi connectivity index (χ1) is 24.4. The first-order valence-corrected chi connectivity index (χ1v) is 16.3. The Balaban J connectivity index is 1.45. The highest BCUT2D eigenvalue weighted by Gasteiger charge is 2.20. The van der Waals surface area contributed by atoms with Crippen molar-refractivity contribution < 1.29 is 48.3 Å². The van der Waals surface area contributed by atoms with Crippen LogP contribution in [0.3, 0.4) is 0 Å². The molecule has 12 nitrogen and oxygen atoms in total. The average Bonchev–Trinajstić information content (AvgIpc) is 3.45. The Hall–Kier alpha value is -5.76. The zero-order valence-corrected chi connectivity index (χ0v) is 29.6. The van der Waals surface area contributed by atoms with E-state index in [1.807, 2.05) is 0 Å². The number of ether oxygens (including phenoxy) is 4. The number of nitrogens with one attached hydrogen (secondary N) is 2. The van der Waals surface area contributed by atoms with E-state index in [0.29, 0.717) is 42.8 Å². The normalized spacial score (nSPS) is 11.3. The molecule has 15 heteroatoms. The molecule has 4 N–H and O–H groups in total. The summed E-state index contributed by atoms with van der Waals surface area (Å²) in [6, 6.07) is 12.2. The predicted octanol–water partition coefficient (Wildman–Crippen LogP) is 8.10. The first-order valence-electron chi connectivity index (χ1n) is 14.7. The van der Waals surface area contributed by atoms with Crippen LogP contribution in [0.1, 0.15) is 31.8 Å². The zero-order valence-electron chi connectivity index (χ0n) is 27.3. The molecular formula is C36H28Cl2N2O10S. The number of carbonyl (C=O) groups is 4. The zero-order chi connectivity index (χ0) is 37.0. The van der Waals surface area contributed by atoms with Gasteiger partial charge in [-0.25, -0.2) is 9.59 Å². The monoisotopic (exact) mass is 750 g/mol. The quantitative estimate of drug-likeness (QED) is 0.0914. The lowest BCUT2D eigenvalue weighted by atomic mass is 10.0. The maximum absolute atomic E-state index is 12.9. The van der Waals surface area contributed by atoms with Gasteiger partial charge in [0.1, 0.15) is 0 Å². The van der Waals surface area contributed by atoms with Gasteiger partial charge in [-0.1, -0.05) is 23.2 Å². The molecule has 0 fully saturated rings. The Bertz CT molecular complexity index is 2140. The van der Waals surface area contributed by atoms with Gasteiger partial charge in [0.15, 0.2) is 23.0 Å². The van der Waals surface area contributed by atoms with Gasteiger partial charge in [0, 0.05) is 32.3 Å². The van der Waals surface area contributed by atoms with Crippen LogP contribution < -0.4 is 29.6 Å². The van der Waals surface area contributed by atoms with E-state index in [9.17, 15) is 29.4 Å². The SMILES string of the molecule is COc1ccc(C=CC(=O)Nc2cc3sc4cc(NC(=O)C=Cc5ccc(OC)c(OC)c5Cl)c(C(=O)O)cc4c3cc2C(=O)O)c(Cl)c1OC. The molecule has 262 valence electrons. The summed E-state index contributed by atoms with van der Waals surface area (Å²) < 4.78 is 22.1. The number of methoxy groups -OCH3 is 4. The van der Waals surface area contributed by atoms with E-state index in [0.717, 1.165) is 0 Å². The number of fused-ring (bicyclic) bond motifs is 3. The number of aromatic carboxylic acids is 2. The molecule has 0 bridgehead atoms. The molecular weight excluding hydrogens is 723 g/mol. The number of halogens is 2. The van der Waals surface area contributed by atoms with Crippen LogP contribution in [-0.4, -0.2) is 62.4 Å². The number of carboxylic acids is 2. The summed E-state index contributed by atoms with van der Waals surface area (Å²) >= 11 is 14.0. The van der Waals surface area contributed by atoms with Crippen LogP contribution >= 0.6 is 34.5 Å². The van der Waals surface area contributed by atoms with Crippen LogP contribution in [0.4, 0.5) is 11.4 Å². The number of carboxylic acid groups (broad SMARTS) is 2. The molecule has 0 aliphatic heterocycles. The molecule has 0 aliphatic rings. The van der Waals surface area contributed by atoms with Gasteiger partial charge in [-0.2, -0.15) is 0 Å². The van der Waals surface area contributed by atoms with Gasteiger partial charge in [-0.15, -0.1) is 11.3 Å². The molecule has 0 spiro atoms. The third-order valence-electron chi connectivity index (χ3n) is 7.58. The van der Waals surface area contributed by atoms with Crippen molar-refractivity contribution in [3.05, 3.63) is 93.0 Å². The van der Waals surface area contributed by atoms with Crippen LogP contribution in [0.25, 0.3) is 32.3 Å². The number of amides is 2. The number of hydrogen-bond donors (Lipinski definition) is 4. The van der Waals surface area contributed by atoms with Gasteiger partial charge in [0.25, 0.3) is 0 Å². The summed E-state index contributed by atoms with van der Waals surface area (Å²) in [5.41, 5.74) is 0.504. The third-order valence-corrected chi connectivity index (χ3v) is 9.48. The predicted molar refractivity (Wildman–Crippen MR) is 198 cm³/mol. The van der Waals surface area contributed by atoms with Crippen molar-refractivity contribution in [2.75, 3.05) is 39.1 Å². The molecule has 5 rings (SSSR count). The van der Waals surface area contributed by atoms with E-state index in [-0.39, 0.29) is 44.0 Å². The maximum Gasteiger partial charge on any atom is 0.337 e. The van der Waals surface area contributed by atoms with Crippen LogP contribution in [0.5, 0.6) is 23.0 Å². The molecule has 0 unspecified atom stereocenters. The van der Waals surface area contributed by atoms with Gasteiger partial charge in [0.2, 0.25) is 11.8 Å². The molecule has 0 atom stereocenters. The van der Waals surface area contributed by atoms with E-state index in [4.69, 9.17) is 42.1 Å². The van der Waals surface area contributed by atoms with Crippen molar-refractivity contribution >= 4 is 102 Å². The summed E-state index contributed by atoms with van der Waals surface area (Å²) in [7, 11) is 5.79. The number of rotatable bonds is 12. The minimum Gasteiger partial charge on any atom is -0.493 e. The average molecular weight is 752 g/mol. The van der Waals surface area contributed by atoms with Crippen LogP contribution in [0.2, 0.25) is 10.0 Å². The van der Waals surface area contributed by atoms with E-state index in [1.165, 1.54) is 88.3 Å². The van der Waals surface area contributed by atoms with E-state index in [1.54, 1.807) is 24.3 Å². The topological polar surface area (TPSA) is 170 Å². The van der Waals surface area contributed by atoms with Crippen LogP contribution in [0, 0.1) is 0 Å². The molecule has 2 amide bonds. The Morgan fingerprint density at radius 3 is 1.35 bits per heavy atom. The maximum atomic E-state index is 12.9. The molecule has 0 aliphatic carbocycles. The van der Waals surface area contributed by atoms with E-state index < -0.39 is 23.8 Å². The van der Waals surface area contributed by atoms with Gasteiger partial charge in [-0.3, -0.25) is 9.59 Å². The Labute approximate surface area is 304 Å². The molecule has 4 aromatic carbocycles. The fourth-order valence-electron chi connectivity index (χ4n) is 5.17. The minimum atomic E-state index is -1.32. The van der Waals surface area contributed by atoms with Crippen molar-refractivity contribution in [2.45, 2.75) is 0 Å². The fourth-order valence-corrected chi connectivity index (χ4v) is 6.92. The van der Waals surface area contributed by atoms with Crippen molar-refractivity contribution in [2.24, 2.45) is 0 Å². The summed E-state index contributed by atoms with van der Waals surface area (Å²) in [5.74, 6) is -2.52. The molecule has 51 heavy (non-hydrogen) atoms. The number of hydrogen-bond acceptors (Lipinski definition) is 9. The second-order valence-corrected chi connectivity index (χ2v) is 12.4. The number of benzene rings is 4. The summed E-state index contributed by atoms with van der Waals surface area (Å²) in [6.07, 6.45) is 5.27. The van der Waals surface area contributed by atoms with Crippen molar-refractivity contribution in [1.29, 1.82) is 0 Å². The van der Waals surface area contributed by atoms with Gasteiger partial charge >= 0.3 is 11.9 Å². The summed E-state index contributed by atoms with van der Waals surface area (Å²) in [4.78, 5) is 50.4. The highest BCUT2D eigenvalue weighted by Crippen LogP contribution is 2.41. The van der Waals surface area contributed by atoms with Gasteiger partial charge in [0.05, 0.1) is 61.0 Å². The summed E-state index contributed by atoms with van der Waals surface area (Å²) in [6.45, 7) is 0. The van der Waals surface area contributed by atoms with E-state index in [2.05, 4.69) is 10.6 Å².